The van der Waals surface area contributed by atoms with Gasteiger partial charge in [0, 0.05) is 18.0 Å². The van der Waals surface area contributed by atoms with Crippen molar-refractivity contribution in [2.75, 3.05) is 16.3 Å². The summed E-state index contributed by atoms with van der Waals surface area (Å²) in [4.78, 5) is 25.6. The van der Waals surface area contributed by atoms with Gasteiger partial charge in [-0.15, -0.1) is 0 Å². The van der Waals surface area contributed by atoms with Crippen LogP contribution in [0.1, 0.15) is 24.4 Å². The molecule has 0 spiro atoms. The van der Waals surface area contributed by atoms with Crippen LogP contribution in [0, 0.1) is 12.7 Å². The van der Waals surface area contributed by atoms with Gasteiger partial charge in [-0.3, -0.25) is 14.1 Å². The number of anilines is 2. The molecule has 11 nitrogen and oxygen atoms in total. The lowest BCUT2D eigenvalue weighted by atomic mass is 10.0. The summed E-state index contributed by atoms with van der Waals surface area (Å²) in [6.07, 6.45) is 5.78. The summed E-state index contributed by atoms with van der Waals surface area (Å²) in [6, 6.07) is 14.5. The maximum absolute atomic E-state index is 14.6. The van der Waals surface area contributed by atoms with Gasteiger partial charge in [-0.2, -0.15) is 5.10 Å². The third-order valence-electron chi connectivity index (χ3n) is 6.65. The van der Waals surface area contributed by atoms with Gasteiger partial charge in [-0.1, -0.05) is 18.2 Å². The first-order chi connectivity index (χ1) is 19.6. The summed E-state index contributed by atoms with van der Waals surface area (Å²) in [5, 5.41) is 8.71. The molecule has 13 heteroatoms. The number of sulfonamides is 1. The average molecular weight is 573 g/mol. The van der Waals surface area contributed by atoms with Gasteiger partial charge in [0.1, 0.15) is 29.1 Å². The first kappa shape index (κ1) is 26.2. The van der Waals surface area contributed by atoms with E-state index >= 15 is 0 Å². The molecule has 4 heterocycles. The van der Waals surface area contributed by atoms with E-state index in [1.807, 2.05) is 50.2 Å². The highest BCUT2D eigenvalue weighted by Crippen LogP contribution is 2.35. The molecule has 2 aromatic carbocycles. The molecule has 208 valence electrons. The lowest BCUT2D eigenvalue weighted by molar-refractivity contribution is 0.606. The molecule has 0 unspecified atom stereocenters. The van der Waals surface area contributed by atoms with Gasteiger partial charge in [-0.25, -0.2) is 27.3 Å². The van der Waals surface area contributed by atoms with Gasteiger partial charge in [0.2, 0.25) is 10.0 Å². The topological polar surface area (TPSA) is 139 Å². The second kappa shape index (κ2) is 9.86. The molecular formula is C28H25FN8O3S. The zero-order valence-corrected chi connectivity index (χ0v) is 23.1. The largest absolute Gasteiger partial charge is 0.360 e. The number of fused-ring (bicyclic) bond motifs is 2. The number of nitrogens with zero attached hydrogens (tertiary/aromatic N) is 5. The monoisotopic (exact) mass is 572 g/mol. The minimum atomic E-state index is -3.62. The van der Waals surface area contributed by atoms with Crippen LogP contribution in [0.4, 0.5) is 15.9 Å². The van der Waals surface area contributed by atoms with E-state index in [1.165, 1.54) is 18.5 Å². The minimum Gasteiger partial charge on any atom is -0.360 e. The number of para-hydroxylation sites is 1. The highest BCUT2D eigenvalue weighted by atomic mass is 32.2. The SMILES string of the molecule is Cc1ccn2nc([C@H](C)Nc3ncnc4[nH]cc(-c5cc(F)cc(NS(C)(=O)=O)c5)c34)n(-c3ccccc3)c(=O)c12. The van der Waals surface area contributed by atoms with Crippen molar-refractivity contribution in [3.05, 3.63) is 101 Å². The molecule has 0 aliphatic heterocycles. The molecule has 0 aliphatic carbocycles. The number of hydrogen-bond acceptors (Lipinski definition) is 7. The Balaban J connectivity index is 1.47. The average Bonchev–Trinajstić information content (AvgIpc) is 3.52. The van der Waals surface area contributed by atoms with Crippen molar-refractivity contribution in [1.82, 2.24) is 29.1 Å². The van der Waals surface area contributed by atoms with Gasteiger partial charge < -0.3 is 10.3 Å². The third kappa shape index (κ3) is 4.91. The van der Waals surface area contributed by atoms with Gasteiger partial charge in [0.25, 0.3) is 5.56 Å². The van der Waals surface area contributed by atoms with Crippen molar-refractivity contribution in [2.24, 2.45) is 0 Å². The number of rotatable bonds is 7. The van der Waals surface area contributed by atoms with E-state index < -0.39 is 21.9 Å². The number of aromatic amines is 1. The Bertz CT molecular complexity index is 2100. The van der Waals surface area contributed by atoms with Gasteiger partial charge in [0.05, 0.1) is 29.1 Å². The Morgan fingerprint density at radius 3 is 2.61 bits per heavy atom. The molecule has 6 aromatic rings. The summed E-state index contributed by atoms with van der Waals surface area (Å²) in [7, 11) is -3.62. The van der Waals surface area contributed by atoms with Crippen LogP contribution in [0.2, 0.25) is 0 Å². The van der Waals surface area contributed by atoms with E-state index in [-0.39, 0.29) is 11.2 Å². The lowest BCUT2D eigenvalue weighted by Crippen LogP contribution is -2.29. The Kier molecular flexibility index (Phi) is 6.30. The number of hydrogen-bond donors (Lipinski definition) is 3. The van der Waals surface area contributed by atoms with E-state index in [1.54, 1.807) is 21.5 Å². The fourth-order valence-electron chi connectivity index (χ4n) is 4.93. The Morgan fingerprint density at radius 2 is 1.85 bits per heavy atom. The molecule has 0 saturated carbocycles. The molecule has 41 heavy (non-hydrogen) atoms. The maximum Gasteiger partial charge on any atom is 0.282 e. The van der Waals surface area contributed by atoms with Crippen LogP contribution in [-0.4, -0.2) is 43.8 Å². The Hall–Kier alpha value is -5.04. The molecule has 6 rings (SSSR count). The zero-order valence-electron chi connectivity index (χ0n) is 22.3. The summed E-state index contributed by atoms with van der Waals surface area (Å²) in [5.41, 5.74) is 3.28. The van der Waals surface area contributed by atoms with Crippen LogP contribution in [0.5, 0.6) is 0 Å². The van der Waals surface area contributed by atoms with Crippen molar-refractivity contribution in [3.63, 3.8) is 0 Å². The number of aromatic nitrogens is 6. The van der Waals surface area contributed by atoms with Gasteiger partial charge in [0.15, 0.2) is 5.82 Å². The number of H-pyrrole nitrogens is 1. The van der Waals surface area contributed by atoms with E-state index in [0.29, 0.717) is 45.0 Å². The summed E-state index contributed by atoms with van der Waals surface area (Å²) < 4.78 is 43.6. The zero-order chi connectivity index (χ0) is 28.9. The molecule has 0 fully saturated rings. The van der Waals surface area contributed by atoms with E-state index in [9.17, 15) is 17.6 Å². The smallest absolute Gasteiger partial charge is 0.282 e. The number of halogens is 1. The Morgan fingerprint density at radius 1 is 1.07 bits per heavy atom. The van der Waals surface area contributed by atoms with E-state index in [4.69, 9.17) is 5.10 Å². The maximum atomic E-state index is 14.6. The van der Waals surface area contributed by atoms with Crippen molar-refractivity contribution < 1.29 is 12.8 Å². The van der Waals surface area contributed by atoms with Crippen LogP contribution < -0.4 is 15.6 Å². The van der Waals surface area contributed by atoms with E-state index in [2.05, 4.69) is 25.0 Å². The lowest BCUT2D eigenvalue weighted by Gasteiger charge is -2.20. The van der Waals surface area contributed by atoms with Crippen LogP contribution >= 0.6 is 0 Å². The highest BCUT2D eigenvalue weighted by Gasteiger charge is 2.22. The number of benzene rings is 2. The van der Waals surface area contributed by atoms with Crippen LogP contribution in [0.3, 0.4) is 0 Å². The van der Waals surface area contributed by atoms with Crippen LogP contribution in [-0.2, 0) is 10.0 Å². The van der Waals surface area contributed by atoms with Crippen LogP contribution in [0.15, 0.2) is 78.1 Å². The van der Waals surface area contributed by atoms with Crippen molar-refractivity contribution in [1.29, 1.82) is 0 Å². The quantitative estimate of drug-likeness (QED) is 0.257. The normalized spacial score (nSPS) is 12.6. The summed E-state index contributed by atoms with van der Waals surface area (Å²) in [5.74, 6) is 0.242. The highest BCUT2D eigenvalue weighted by molar-refractivity contribution is 7.92. The number of nitrogens with one attached hydrogen (secondary N) is 3. The molecule has 0 radical (unpaired) electrons. The Labute approximate surface area is 233 Å². The molecule has 3 N–H and O–H groups in total. The molecule has 4 aromatic heterocycles. The standard InChI is InChI=1S/C28H25FN8O3S/c1-16-9-10-36-24(16)28(38)37(21-7-5-4-6-8-21)27(34-36)17(2)33-26-23-22(14-30-25(23)31-15-32-26)18-11-19(29)13-20(12-18)35-41(3,39)40/h4-15,17,35H,1-3H3,(H2,30,31,32,33)/t17-/m0/s1. The van der Waals surface area contributed by atoms with Gasteiger partial charge >= 0.3 is 0 Å². The number of aryl methyl sites for hydroxylation is 1. The molecule has 0 aliphatic rings. The third-order valence-corrected chi connectivity index (χ3v) is 7.26. The predicted octanol–water partition coefficient (Wildman–Crippen LogP) is 4.42. The second-order valence-electron chi connectivity index (χ2n) is 9.74. The van der Waals surface area contributed by atoms with Crippen molar-refractivity contribution >= 4 is 38.1 Å². The fraction of sp³-hybridized carbons (Fsp3) is 0.143. The molecule has 1 atom stereocenters. The predicted molar refractivity (Wildman–Crippen MR) is 155 cm³/mol. The molecule has 0 bridgehead atoms. The molecular weight excluding hydrogens is 547 g/mol. The molecule has 0 amide bonds. The summed E-state index contributed by atoms with van der Waals surface area (Å²) in [6.45, 7) is 3.73. The van der Waals surface area contributed by atoms with Gasteiger partial charge in [-0.05, 0) is 61.4 Å². The summed E-state index contributed by atoms with van der Waals surface area (Å²) >= 11 is 0. The van der Waals surface area contributed by atoms with Crippen molar-refractivity contribution in [3.8, 4) is 16.8 Å². The molecule has 0 saturated heterocycles. The van der Waals surface area contributed by atoms with Crippen molar-refractivity contribution in [2.45, 2.75) is 19.9 Å². The van der Waals surface area contributed by atoms with Crippen LogP contribution in [0.25, 0.3) is 33.4 Å². The fourth-order valence-corrected chi connectivity index (χ4v) is 5.47. The minimum absolute atomic E-state index is 0.0861. The second-order valence-corrected chi connectivity index (χ2v) is 11.5. The van der Waals surface area contributed by atoms with E-state index in [0.717, 1.165) is 17.9 Å². The first-order valence-corrected chi connectivity index (χ1v) is 14.5. The first-order valence-electron chi connectivity index (χ1n) is 12.6.